The van der Waals surface area contributed by atoms with Gasteiger partial charge in [0.2, 0.25) is 0 Å². The SMILES string of the molecule is CC1(C)OB(c2cnn(C[C@]3(O)C[C@H](OCc4ccccc4)C3)c2)OC1(C)C. The Labute approximate surface area is 166 Å². The summed E-state index contributed by atoms with van der Waals surface area (Å²) in [4.78, 5) is 0. The lowest BCUT2D eigenvalue weighted by atomic mass is 9.77. The molecule has 0 atom stereocenters. The van der Waals surface area contributed by atoms with Crippen molar-refractivity contribution in [2.45, 2.75) is 76.6 Å². The van der Waals surface area contributed by atoms with E-state index in [4.69, 9.17) is 14.0 Å². The van der Waals surface area contributed by atoms with Crippen molar-refractivity contribution in [3.63, 3.8) is 0 Å². The molecular formula is C21H29BN2O4. The molecule has 2 aliphatic rings. The van der Waals surface area contributed by atoms with Gasteiger partial charge in [-0.25, -0.2) is 0 Å². The summed E-state index contributed by atoms with van der Waals surface area (Å²) in [7, 11) is -0.434. The van der Waals surface area contributed by atoms with Gasteiger partial charge in [0.15, 0.2) is 0 Å². The minimum Gasteiger partial charge on any atom is -0.399 e. The Morgan fingerprint density at radius 2 is 1.79 bits per heavy atom. The van der Waals surface area contributed by atoms with Crippen LogP contribution in [0.1, 0.15) is 46.1 Å². The van der Waals surface area contributed by atoms with Crippen molar-refractivity contribution in [1.29, 1.82) is 0 Å². The largest absolute Gasteiger partial charge is 0.498 e. The summed E-state index contributed by atoms with van der Waals surface area (Å²) in [5, 5.41) is 15.2. The number of benzene rings is 1. The number of nitrogens with zero attached hydrogens (tertiary/aromatic N) is 2. The molecule has 1 saturated heterocycles. The summed E-state index contributed by atoms with van der Waals surface area (Å²) in [5.74, 6) is 0. The number of aromatic nitrogens is 2. The van der Waals surface area contributed by atoms with Gasteiger partial charge >= 0.3 is 7.12 Å². The predicted octanol–water partition coefficient (Wildman–Crippen LogP) is 2.29. The van der Waals surface area contributed by atoms with Crippen LogP contribution >= 0.6 is 0 Å². The van der Waals surface area contributed by atoms with Crippen LogP contribution in [-0.4, -0.2) is 44.9 Å². The molecule has 0 amide bonds. The Morgan fingerprint density at radius 1 is 1.14 bits per heavy atom. The van der Waals surface area contributed by atoms with E-state index in [0.29, 0.717) is 26.0 Å². The van der Waals surface area contributed by atoms with Crippen LogP contribution in [0.5, 0.6) is 0 Å². The lowest BCUT2D eigenvalue weighted by Crippen LogP contribution is -2.51. The lowest BCUT2D eigenvalue weighted by Gasteiger charge is -2.43. The van der Waals surface area contributed by atoms with E-state index in [1.165, 1.54) is 0 Å². The third-order valence-corrected chi connectivity index (χ3v) is 6.18. The predicted molar refractivity (Wildman–Crippen MR) is 107 cm³/mol. The van der Waals surface area contributed by atoms with Crippen LogP contribution in [0, 0.1) is 0 Å². The molecule has 1 aromatic heterocycles. The first-order chi connectivity index (χ1) is 13.2. The Morgan fingerprint density at radius 3 is 2.43 bits per heavy atom. The van der Waals surface area contributed by atoms with E-state index < -0.39 is 12.7 Å². The van der Waals surface area contributed by atoms with Crippen LogP contribution in [0.4, 0.5) is 0 Å². The standard InChI is InChI=1S/C21H29BN2O4/c1-19(2)20(3,4)28-22(27-19)17-12-23-24(13-17)15-21(25)10-18(11-21)26-14-16-8-6-5-7-9-16/h5-9,12-13,18,25H,10-11,14-15H2,1-4H3/t18-,21-. The second-order valence-electron chi connectivity index (χ2n) is 9.11. The molecule has 1 N–H and O–H groups in total. The van der Waals surface area contributed by atoms with Gasteiger partial charge in [0, 0.05) is 30.7 Å². The number of rotatable bonds is 6. The molecule has 4 rings (SSSR count). The van der Waals surface area contributed by atoms with Crippen LogP contribution in [0.3, 0.4) is 0 Å². The van der Waals surface area contributed by atoms with E-state index in [1.54, 1.807) is 10.9 Å². The van der Waals surface area contributed by atoms with E-state index in [2.05, 4.69) is 5.10 Å². The fourth-order valence-corrected chi connectivity index (χ4v) is 3.69. The Kier molecular flexibility index (Phi) is 4.90. The number of hydrogen-bond donors (Lipinski definition) is 1. The molecule has 1 aliphatic carbocycles. The molecule has 2 aromatic rings. The molecule has 1 aromatic carbocycles. The van der Waals surface area contributed by atoms with Crippen LogP contribution in [0.2, 0.25) is 0 Å². The fourth-order valence-electron chi connectivity index (χ4n) is 3.69. The zero-order chi connectivity index (χ0) is 20.0. The first-order valence-electron chi connectivity index (χ1n) is 9.92. The summed E-state index contributed by atoms with van der Waals surface area (Å²) in [6.45, 7) is 9.15. The Bertz CT molecular complexity index is 799. The van der Waals surface area contributed by atoms with Gasteiger partial charge in [-0.1, -0.05) is 30.3 Å². The van der Waals surface area contributed by atoms with Gasteiger partial charge < -0.3 is 19.2 Å². The summed E-state index contributed by atoms with van der Waals surface area (Å²) < 4.78 is 19.8. The maximum atomic E-state index is 10.8. The second-order valence-corrected chi connectivity index (χ2v) is 9.11. The average molecular weight is 384 g/mol. The van der Waals surface area contributed by atoms with Crippen molar-refractivity contribution in [3.8, 4) is 0 Å². The fraction of sp³-hybridized carbons (Fsp3) is 0.571. The molecule has 2 heterocycles. The van der Waals surface area contributed by atoms with Gasteiger partial charge in [-0.05, 0) is 33.3 Å². The summed E-state index contributed by atoms with van der Waals surface area (Å²) >= 11 is 0. The molecule has 1 aliphatic heterocycles. The highest BCUT2D eigenvalue weighted by molar-refractivity contribution is 6.61. The summed E-state index contributed by atoms with van der Waals surface area (Å²) in [5.41, 5.74) is 0.487. The van der Waals surface area contributed by atoms with E-state index >= 15 is 0 Å². The van der Waals surface area contributed by atoms with Crippen molar-refractivity contribution >= 4 is 12.6 Å². The number of hydrogen-bond acceptors (Lipinski definition) is 5. The highest BCUT2D eigenvalue weighted by Crippen LogP contribution is 2.37. The maximum Gasteiger partial charge on any atom is 0.498 e. The third-order valence-electron chi connectivity index (χ3n) is 6.18. The molecule has 1 saturated carbocycles. The second kappa shape index (κ2) is 6.99. The minimum atomic E-state index is -0.777. The van der Waals surface area contributed by atoms with Crippen LogP contribution in [0.25, 0.3) is 0 Å². The normalized spacial score (nSPS) is 28.3. The average Bonchev–Trinajstić information content (AvgIpc) is 3.14. The Hall–Kier alpha value is -1.67. The molecule has 0 bridgehead atoms. The molecule has 150 valence electrons. The molecule has 0 spiro atoms. The van der Waals surface area contributed by atoms with Gasteiger partial charge in [0.05, 0.1) is 36.1 Å². The summed E-state index contributed by atoms with van der Waals surface area (Å²) in [6, 6.07) is 10.1. The van der Waals surface area contributed by atoms with E-state index in [-0.39, 0.29) is 17.3 Å². The molecule has 0 unspecified atom stereocenters. The topological polar surface area (TPSA) is 65.7 Å². The van der Waals surface area contributed by atoms with Crippen LogP contribution in [0.15, 0.2) is 42.7 Å². The first kappa shape index (κ1) is 19.6. The van der Waals surface area contributed by atoms with Crippen molar-refractivity contribution < 1.29 is 19.2 Å². The smallest absolute Gasteiger partial charge is 0.399 e. The van der Waals surface area contributed by atoms with E-state index in [9.17, 15) is 5.11 Å². The molecular weight excluding hydrogens is 355 g/mol. The van der Waals surface area contributed by atoms with Crippen molar-refractivity contribution in [2.24, 2.45) is 0 Å². The van der Waals surface area contributed by atoms with Crippen molar-refractivity contribution in [3.05, 3.63) is 48.3 Å². The van der Waals surface area contributed by atoms with Crippen LogP contribution < -0.4 is 5.46 Å². The van der Waals surface area contributed by atoms with Gasteiger partial charge in [-0.2, -0.15) is 5.10 Å². The van der Waals surface area contributed by atoms with E-state index in [0.717, 1.165) is 11.0 Å². The quantitative estimate of drug-likeness (QED) is 0.775. The first-order valence-corrected chi connectivity index (χ1v) is 9.92. The minimum absolute atomic E-state index is 0.0864. The van der Waals surface area contributed by atoms with Crippen LogP contribution in [-0.2, 0) is 27.2 Å². The highest BCUT2D eigenvalue weighted by Gasteiger charge is 2.52. The van der Waals surface area contributed by atoms with Crippen molar-refractivity contribution in [1.82, 2.24) is 9.78 Å². The molecule has 2 fully saturated rings. The summed E-state index contributed by atoms with van der Waals surface area (Å²) in [6.07, 6.45) is 4.98. The zero-order valence-corrected chi connectivity index (χ0v) is 17.1. The van der Waals surface area contributed by atoms with Gasteiger partial charge in [0.1, 0.15) is 0 Å². The van der Waals surface area contributed by atoms with Gasteiger partial charge in [-0.3, -0.25) is 4.68 Å². The van der Waals surface area contributed by atoms with Gasteiger partial charge in [0.25, 0.3) is 0 Å². The molecule has 6 nitrogen and oxygen atoms in total. The zero-order valence-electron chi connectivity index (χ0n) is 17.1. The number of ether oxygens (including phenoxy) is 1. The van der Waals surface area contributed by atoms with Gasteiger partial charge in [-0.15, -0.1) is 0 Å². The molecule has 0 radical (unpaired) electrons. The highest BCUT2D eigenvalue weighted by atomic mass is 16.7. The maximum absolute atomic E-state index is 10.8. The molecule has 28 heavy (non-hydrogen) atoms. The monoisotopic (exact) mass is 384 g/mol. The van der Waals surface area contributed by atoms with E-state index in [1.807, 2.05) is 64.2 Å². The molecule has 7 heteroatoms. The third kappa shape index (κ3) is 3.89. The lowest BCUT2D eigenvalue weighted by molar-refractivity contribution is -0.152. The Balaban J connectivity index is 1.29. The number of aliphatic hydroxyl groups is 1. The van der Waals surface area contributed by atoms with Crippen molar-refractivity contribution in [2.75, 3.05) is 0 Å².